The molecule has 28 heavy (non-hydrogen) atoms. The number of rotatable bonds is 4. The zero-order chi connectivity index (χ0) is 19.5. The normalized spacial score (nSPS) is 15.2. The first-order chi connectivity index (χ1) is 13.6. The van der Waals surface area contributed by atoms with Crippen molar-refractivity contribution in [1.82, 2.24) is 4.90 Å². The van der Waals surface area contributed by atoms with Gasteiger partial charge < -0.3 is 10.6 Å². The van der Waals surface area contributed by atoms with E-state index in [0.29, 0.717) is 0 Å². The van der Waals surface area contributed by atoms with Gasteiger partial charge in [-0.05, 0) is 59.7 Å². The molecule has 5 heteroatoms. The van der Waals surface area contributed by atoms with Gasteiger partial charge in [0.25, 0.3) is 0 Å². The Morgan fingerprint density at radius 2 is 1.11 bits per heavy atom. The van der Waals surface area contributed by atoms with Gasteiger partial charge in [-0.1, -0.05) is 24.3 Å². The number of halogens is 2. The Morgan fingerprint density at radius 3 is 1.57 bits per heavy atom. The number of anilines is 2. The molecule has 0 amide bonds. The lowest BCUT2D eigenvalue weighted by molar-refractivity contribution is 0.212. The highest BCUT2D eigenvalue weighted by molar-refractivity contribution is 5.53. The molecule has 4 rings (SSSR count). The maximum atomic E-state index is 13.4. The van der Waals surface area contributed by atoms with Crippen molar-refractivity contribution in [2.24, 2.45) is 0 Å². The summed E-state index contributed by atoms with van der Waals surface area (Å²) in [7, 11) is 0. The molecule has 0 spiro atoms. The highest BCUT2D eigenvalue weighted by atomic mass is 19.1. The SMILES string of the molecule is Nc1ccc(N2CCN(C(c3ccc(F)cc3)c3ccc(F)cc3)CC2)cc1. The van der Waals surface area contributed by atoms with Crippen LogP contribution >= 0.6 is 0 Å². The molecule has 0 atom stereocenters. The molecule has 0 aromatic heterocycles. The summed E-state index contributed by atoms with van der Waals surface area (Å²) < 4.78 is 26.9. The summed E-state index contributed by atoms with van der Waals surface area (Å²) in [5, 5.41) is 0. The molecule has 3 aromatic carbocycles. The van der Waals surface area contributed by atoms with Crippen molar-refractivity contribution in [3.8, 4) is 0 Å². The van der Waals surface area contributed by atoms with Gasteiger partial charge in [0, 0.05) is 37.6 Å². The van der Waals surface area contributed by atoms with E-state index in [1.165, 1.54) is 24.3 Å². The van der Waals surface area contributed by atoms with E-state index in [9.17, 15) is 8.78 Å². The molecule has 0 bridgehead atoms. The summed E-state index contributed by atoms with van der Waals surface area (Å²) in [5.41, 5.74) is 9.72. The number of benzene rings is 3. The van der Waals surface area contributed by atoms with Crippen LogP contribution < -0.4 is 10.6 Å². The van der Waals surface area contributed by atoms with Crippen molar-refractivity contribution in [1.29, 1.82) is 0 Å². The van der Waals surface area contributed by atoms with Crippen molar-refractivity contribution in [3.05, 3.63) is 95.6 Å². The number of nitrogen functional groups attached to an aromatic ring is 1. The van der Waals surface area contributed by atoms with Crippen molar-refractivity contribution < 1.29 is 8.78 Å². The quantitative estimate of drug-likeness (QED) is 0.680. The van der Waals surface area contributed by atoms with E-state index < -0.39 is 0 Å². The van der Waals surface area contributed by atoms with Crippen LogP contribution in [-0.4, -0.2) is 31.1 Å². The van der Waals surface area contributed by atoms with E-state index in [2.05, 4.69) is 9.80 Å². The fourth-order valence-corrected chi connectivity index (χ4v) is 3.83. The van der Waals surface area contributed by atoms with Crippen LogP contribution in [0.2, 0.25) is 0 Å². The van der Waals surface area contributed by atoms with Crippen LogP contribution in [0.4, 0.5) is 20.2 Å². The molecule has 0 radical (unpaired) electrons. The molecule has 1 aliphatic heterocycles. The van der Waals surface area contributed by atoms with E-state index in [-0.39, 0.29) is 17.7 Å². The molecule has 1 fully saturated rings. The number of nitrogens with two attached hydrogens (primary N) is 1. The lowest BCUT2D eigenvalue weighted by Gasteiger charge is -2.40. The average Bonchev–Trinajstić information content (AvgIpc) is 2.72. The van der Waals surface area contributed by atoms with Gasteiger partial charge in [0.2, 0.25) is 0 Å². The molecular weight excluding hydrogens is 356 g/mol. The monoisotopic (exact) mass is 379 g/mol. The summed E-state index contributed by atoms with van der Waals surface area (Å²) in [6.45, 7) is 3.46. The zero-order valence-corrected chi connectivity index (χ0v) is 15.6. The summed E-state index contributed by atoms with van der Waals surface area (Å²) >= 11 is 0. The maximum Gasteiger partial charge on any atom is 0.123 e. The second-order valence-electron chi connectivity index (χ2n) is 7.12. The predicted molar refractivity (Wildman–Crippen MR) is 109 cm³/mol. The minimum absolute atomic E-state index is 0.0326. The molecular formula is C23H23F2N3. The van der Waals surface area contributed by atoms with Gasteiger partial charge in [-0.25, -0.2) is 8.78 Å². The standard InChI is InChI=1S/C23H23F2N3/c24-19-5-1-17(2-6-19)23(18-3-7-20(25)8-4-18)28-15-13-27(14-16-28)22-11-9-21(26)10-12-22/h1-12,23H,13-16,26H2. The van der Waals surface area contributed by atoms with Crippen LogP contribution in [-0.2, 0) is 0 Å². The zero-order valence-electron chi connectivity index (χ0n) is 15.6. The van der Waals surface area contributed by atoms with E-state index >= 15 is 0 Å². The molecule has 144 valence electrons. The summed E-state index contributed by atoms with van der Waals surface area (Å²) in [5.74, 6) is -0.510. The van der Waals surface area contributed by atoms with Crippen LogP contribution in [0.5, 0.6) is 0 Å². The smallest absolute Gasteiger partial charge is 0.123 e. The van der Waals surface area contributed by atoms with E-state index in [4.69, 9.17) is 5.73 Å². The predicted octanol–water partition coefficient (Wildman–Crippen LogP) is 4.46. The highest BCUT2D eigenvalue weighted by Gasteiger charge is 2.26. The fraction of sp³-hybridized carbons (Fsp3) is 0.217. The topological polar surface area (TPSA) is 32.5 Å². The van der Waals surface area contributed by atoms with Gasteiger partial charge in [0.15, 0.2) is 0 Å². The minimum atomic E-state index is -0.255. The number of hydrogen-bond donors (Lipinski definition) is 1. The third-order valence-electron chi connectivity index (χ3n) is 5.31. The molecule has 3 aromatic rings. The van der Waals surface area contributed by atoms with Crippen LogP contribution in [0.1, 0.15) is 17.2 Å². The van der Waals surface area contributed by atoms with Crippen molar-refractivity contribution >= 4 is 11.4 Å². The van der Waals surface area contributed by atoms with Crippen molar-refractivity contribution in [3.63, 3.8) is 0 Å². The van der Waals surface area contributed by atoms with Gasteiger partial charge in [-0.15, -0.1) is 0 Å². The molecule has 1 heterocycles. The first-order valence-corrected chi connectivity index (χ1v) is 9.45. The first kappa shape index (κ1) is 18.4. The Hall–Kier alpha value is -2.92. The fourth-order valence-electron chi connectivity index (χ4n) is 3.83. The Balaban J connectivity index is 1.56. The molecule has 2 N–H and O–H groups in total. The summed E-state index contributed by atoms with van der Waals surface area (Å²) in [6.07, 6.45) is 0. The number of hydrogen-bond acceptors (Lipinski definition) is 3. The van der Waals surface area contributed by atoms with Crippen LogP contribution in [0, 0.1) is 11.6 Å². The number of piperazine rings is 1. The van der Waals surface area contributed by atoms with Crippen LogP contribution in [0.3, 0.4) is 0 Å². The van der Waals surface area contributed by atoms with Crippen LogP contribution in [0.15, 0.2) is 72.8 Å². The van der Waals surface area contributed by atoms with Gasteiger partial charge >= 0.3 is 0 Å². The minimum Gasteiger partial charge on any atom is -0.399 e. The average molecular weight is 379 g/mol. The third-order valence-corrected chi connectivity index (χ3v) is 5.31. The van der Waals surface area contributed by atoms with Crippen LogP contribution in [0.25, 0.3) is 0 Å². The number of nitrogens with zero attached hydrogens (tertiary/aromatic N) is 2. The molecule has 0 unspecified atom stereocenters. The third kappa shape index (κ3) is 3.99. The van der Waals surface area contributed by atoms with Gasteiger partial charge in [-0.2, -0.15) is 0 Å². The maximum absolute atomic E-state index is 13.4. The highest BCUT2D eigenvalue weighted by Crippen LogP contribution is 2.31. The molecule has 1 aliphatic rings. The molecule has 0 saturated carbocycles. The Bertz CT molecular complexity index is 855. The summed E-state index contributed by atoms with van der Waals surface area (Å²) in [4.78, 5) is 4.70. The van der Waals surface area contributed by atoms with E-state index in [0.717, 1.165) is 48.7 Å². The largest absolute Gasteiger partial charge is 0.399 e. The Kier molecular flexibility index (Phi) is 5.26. The van der Waals surface area contributed by atoms with Crippen molar-refractivity contribution in [2.45, 2.75) is 6.04 Å². The Morgan fingerprint density at radius 1 is 0.643 bits per heavy atom. The second kappa shape index (κ2) is 7.98. The lowest BCUT2D eigenvalue weighted by atomic mass is 9.96. The van der Waals surface area contributed by atoms with Gasteiger partial charge in [-0.3, -0.25) is 4.90 Å². The molecule has 3 nitrogen and oxygen atoms in total. The van der Waals surface area contributed by atoms with Crippen molar-refractivity contribution in [2.75, 3.05) is 36.8 Å². The molecule has 0 aliphatic carbocycles. The van der Waals surface area contributed by atoms with E-state index in [1.807, 2.05) is 48.5 Å². The lowest BCUT2D eigenvalue weighted by Crippen LogP contribution is -2.48. The molecule has 1 saturated heterocycles. The summed E-state index contributed by atoms with van der Waals surface area (Å²) in [6, 6.07) is 21.1. The van der Waals surface area contributed by atoms with Gasteiger partial charge in [0.05, 0.1) is 6.04 Å². The second-order valence-corrected chi connectivity index (χ2v) is 7.12. The van der Waals surface area contributed by atoms with Gasteiger partial charge in [0.1, 0.15) is 11.6 Å². The Labute approximate surface area is 164 Å². The van der Waals surface area contributed by atoms with E-state index in [1.54, 1.807) is 0 Å². The first-order valence-electron chi connectivity index (χ1n) is 9.45.